The van der Waals surface area contributed by atoms with E-state index >= 15 is 0 Å². The maximum atomic E-state index is 13.5. The third-order valence-electron chi connectivity index (χ3n) is 2.88. The lowest BCUT2D eigenvalue weighted by Gasteiger charge is -2.23. The van der Waals surface area contributed by atoms with Gasteiger partial charge in [0.25, 0.3) is 0 Å². The summed E-state index contributed by atoms with van der Waals surface area (Å²) in [4.78, 5) is 0. The van der Waals surface area contributed by atoms with E-state index in [-0.39, 0.29) is 18.4 Å². The molecule has 0 spiro atoms. The molecule has 0 radical (unpaired) electrons. The van der Waals surface area contributed by atoms with Gasteiger partial charge in [0.1, 0.15) is 5.67 Å². The molecule has 0 aromatic rings. The molecule has 0 heterocycles. The Labute approximate surface area is 66.0 Å². The minimum Gasteiger partial charge on any atom is -0.396 e. The Morgan fingerprint density at radius 2 is 2.18 bits per heavy atom. The van der Waals surface area contributed by atoms with E-state index in [0.717, 1.165) is 0 Å². The van der Waals surface area contributed by atoms with Crippen molar-refractivity contribution in [1.82, 2.24) is 0 Å². The van der Waals surface area contributed by atoms with E-state index in [4.69, 9.17) is 5.11 Å². The van der Waals surface area contributed by atoms with E-state index < -0.39 is 11.8 Å². The van der Waals surface area contributed by atoms with Gasteiger partial charge < -0.3 is 10.2 Å². The maximum absolute atomic E-state index is 13.5. The Morgan fingerprint density at radius 3 is 2.36 bits per heavy atom. The molecule has 1 aliphatic carbocycles. The highest BCUT2D eigenvalue weighted by Crippen LogP contribution is 2.41. The summed E-state index contributed by atoms with van der Waals surface area (Å²) in [6.45, 7) is 3.04. The average molecular weight is 162 g/mol. The van der Waals surface area contributed by atoms with Gasteiger partial charge in [-0.25, -0.2) is 4.39 Å². The average Bonchev–Trinajstić information content (AvgIpc) is 2.14. The number of rotatable bonds is 1. The van der Waals surface area contributed by atoms with Crippen molar-refractivity contribution < 1.29 is 14.6 Å². The number of aliphatic hydroxyl groups is 2. The zero-order valence-electron chi connectivity index (χ0n) is 6.92. The first-order valence-corrected chi connectivity index (χ1v) is 3.98. The SMILES string of the molecule is C[C@@H]1C[C@H](CO)[C@@H](O)[C@@]1(C)F. The number of hydrogen-bond acceptors (Lipinski definition) is 2. The molecular weight excluding hydrogens is 147 g/mol. The molecule has 1 aliphatic rings. The molecule has 1 fully saturated rings. The standard InChI is InChI=1S/C8H15FO2/c1-5-3-6(4-10)7(11)8(5,2)9/h5-7,10-11H,3-4H2,1-2H3/t5-,6-,7-,8+/m1/s1. The largest absolute Gasteiger partial charge is 0.396 e. The van der Waals surface area contributed by atoms with E-state index in [1.807, 2.05) is 0 Å². The Kier molecular flexibility index (Phi) is 2.21. The molecule has 0 unspecified atom stereocenters. The van der Waals surface area contributed by atoms with Crippen molar-refractivity contribution in [2.24, 2.45) is 11.8 Å². The predicted octanol–water partition coefficient (Wildman–Crippen LogP) is 0.724. The molecular formula is C8H15FO2. The lowest BCUT2D eigenvalue weighted by molar-refractivity contribution is -0.0197. The van der Waals surface area contributed by atoms with Crippen molar-refractivity contribution in [2.45, 2.75) is 32.0 Å². The summed E-state index contributed by atoms with van der Waals surface area (Å²) in [6.07, 6.45) is -0.424. The smallest absolute Gasteiger partial charge is 0.136 e. The first kappa shape index (κ1) is 8.94. The molecule has 0 amide bonds. The van der Waals surface area contributed by atoms with Crippen LogP contribution in [0.2, 0.25) is 0 Å². The molecule has 3 heteroatoms. The van der Waals surface area contributed by atoms with Crippen LogP contribution in [0.4, 0.5) is 4.39 Å². The summed E-state index contributed by atoms with van der Waals surface area (Å²) in [5, 5.41) is 18.1. The Hall–Kier alpha value is -0.150. The lowest BCUT2D eigenvalue weighted by Crippen LogP contribution is -2.37. The molecule has 11 heavy (non-hydrogen) atoms. The van der Waals surface area contributed by atoms with Crippen LogP contribution in [0.5, 0.6) is 0 Å². The zero-order chi connectivity index (χ0) is 8.65. The number of hydrogen-bond donors (Lipinski definition) is 2. The van der Waals surface area contributed by atoms with Crippen molar-refractivity contribution in [3.63, 3.8) is 0 Å². The van der Waals surface area contributed by atoms with E-state index in [9.17, 15) is 9.50 Å². The Morgan fingerprint density at radius 1 is 1.64 bits per heavy atom. The zero-order valence-corrected chi connectivity index (χ0v) is 6.92. The van der Waals surface area contributed by atoms with Gasteiger partial charge in [0.05, 0.1) is 6.10 Å². The highest BCUT2D eigenvalue weighted by Gasteiger charge is 2.49. The minimum atomic E-state index is -1.52. The summed E-state index contributed by atoms with van der Waals surface area (Å²) in [5.41, 5.74) is -1.52. The van der Waals surface area contributed by atoms with Crippen LogP contribution >= 0.6 is 0 Å². The van der Waals surface area contributed by atoms with E-state index in [1.54, 1.807) is 6.92 Å². The van der Waals surface area contributed by atoms with E-state index in [1.165, 1.54) is 6.92 Å². The fourth-order valence-corrected chi connectivity index (χ4v) is 1.74. The van der Waals surface area contributed by atoms with Crippen molar-refractivity contribution in [2.75, 3.05) is 6.61 Å². The number of halogens is 1. The van der Waals surface area contributed by atoms with Crippen LogP contribution in [0.25, 0.3) is 0 Å². The van der Waals surface area contributed by atoms with Crippen LogP contribution in [0, 0.1) is 11.8 Å². The van der Waals surface area contributed by atoms with Gasteiger partial charge in [-0.1, -0.05) is 6.92 Å². The Balaban J connectivity index is 2.71. The van der Waals surface area contributed by atoms with Crippen LogP contribution in [0.1, 0.15) is 20.3 Å². The summed E-state index contributed by atoms with van der Waals surface area (Å²) < 4.78 is 13.5. The second-order valence-corrected chi connectivity index (χ2v) is 3.68. The highest BCUT2D eigenvalue weighted by molar-refractivity contribution is 4.98. The summed E-state index contributed by atoms with van der Waals surface area (Å²) in [7, 11) is 0. The fraction of sp³-hybridized carbons (Fsp3) is 1.00. The van der Waals surface area contributed by atoms with Crippen LogP contribution in [0.3, 0.4) is 0 Å². The molecule has 4 atom stereocenters. The molecule has 1 saturated carbocycles. The molecule has 0 aromatic carbocycles. The molecule has 2 N–H and O–H groups in total. The fourth-order valence-electron chi connectivity index (χ4n) is 1.74. The van der Waals surface area contributed by atoms with E-state index in [0.29, 0.717) is 6.42 Å². The predicted molar refractivity (Wildman–Crippen MR) is 39.9 cm³/mol. The van der Waals surface area contributed by atoms with Gasteiger partial charge in [0.15, 0.2) is 0 Å². The van der Waals surface area contributed by atoms with E-state index in [2.05, 4.69) is 0 Å². The van der Waals surface area contributed by atoms with Crippen molar-refractivity contribution >= 4 is 0 Å². The van der Waals surface area contributed by atoms with Gasteiger partial charge >= 0.3 is 0 Å². The van der Waals surface area contributed by atoms with Gasteiger partial charge in [-0.15, -0.1) is 0 Å². The van der Waals surface area contributed by atoms with Gasteiger partial charge in [0.2, 0.25) is 0 Å². The normalized spacial score (nSPS) is 51.5. The van der Waals surface area contributed by atoms with Gasteiger partial charge in [0, 0.05) is 12.5 Å². The van der Waals surface area contributed by atoms with Crippen molar-refractivity contribution in [3.05, 3.63) is 0 Å². The third-order valence-corrected chi connectivity index (χ3v) is 2.88. The second kappa shape index (κ2) is 2.72. The highest BCUT2D eigenvalue weighted by atomic mass is 19.1. The van der Waals surface area contributed by atoms with Crippen LogP contribution in [-0.4, -0.2) is 28.6 Å². The second-order valence-electron chi connectivity index (χ2n) is 3.68. The van der Waals surface area contributed by atoms with Gasteiger partial charge in [-0.2, -0.15) is 0 Å². The van der Waals surface area contributed by atoms with Crippen LogP contribution < -0.4 is 0 Å². The first-order valence-electron chi connectivity index (χ1n) is 3.98. The molecule has 2 nitrogen and oxygen atoms in total. The Bertz CT molecular complexity index is 147. The first-order chi connectivity index (χ1) is 5.00. The molecule has 1 rings (SSSR count). The van der Waals surface area contributed by atoms with Crippen LogP contribution in [-0.2, 0) is 0 Å². The number of alkyl halides is 1. The molecule has 0 saturated heterocycles. The number of aliphatic hydroxyl groups excluding tert-OH is 2. The topological polar surface area (TPSA) is 40.5 Å². The minimum absolute atomic E-state index is 0.120. The maximum Gasteiger partial charge on any atom is 0.136 e. The van der Waals surface area contributed by atoms with Crippen molar-refractivity contribution in [3.8, 4) is 0 Å². The molecule has 0 aliphatic heterocycles. The summed E-state index contributed by atoms with van der Waals surface area (Å²) in [5.74, 6) is -0.436. The van der Waals surface area contributed by atoms with Gasteiger partial charge in [-0.05, 0) is 19.3 Å². The molecule has 0 aromatic heterocycles. The lowest BCUT2D eigenvalue weighted by atomic mass is 9.95. The summed E-state index contributed by atoms with van der Waals surface area (Å²) >= 11 is 0. The molecule has 0 bridgehead atoms. The molecule has 66 valence electrons. The quantitative estimate of drug-likeness (QED) is 0.596. The third kappa shape index (κ3) is 1.27. The van der Waals surface area contributed by atoms with Crippen LogP contribution in [0.15, 0.2) is 0 Å². The monoisotopic (exact) mass is 162 g/mol. The van der Waals surface area contributed by atoms with Crippen molar-refractivity contribution in [1.29, 1.82) is 0 Å². The van der Waals surface area contributed by atoms with Gasteiger partial charge in [-0.3, -0.25) is 0 Å². The summed E-state index contributed by atoms with van der Waals surface area (Å²) in [6, 6.07) is 0.